The average molecular weight is 229 g/mol. The molecule has 1 aromatic carbocycles. The Morgan fingerprint density at radius 2 is 2.29 bits per heavy atom. The van der Waals surface area contributed by atoms with E-state index in [-0.39, 0.29) is 17.4 Å². The van der Waals surface area contributed by atoms with Crippen molar-refractivity contribution in [3.05, 3.63) is 29.8 Å². The number of benzene rings is 1. The van der Waals surface area contributed by atoms with E-state index in [1.54, 1.807) is 12.1 Å². The van der Waals surface area contributed by atoms with Gasteiger partial charge in [-0.25, -0.2) is 4.79 Å². The van der Waals surface area contributed by atoms with Crippen LogP contribution in [0.15, 0.2) is 24.3 Å². The Labute approximate surface area is 98.9 Å². The molecule has 1 unspecified atom stereocenters. The summed E-state index contributed by atoms with van der Waals surface area (Å²) in [7, 11) is 0. The van der Waals surface area contributed by atoms with Crippen LogP contribution in [0.2, 0.25) is 0 Å². The van der Waals surface area contributed by atoms with Crippen molar-refractivity contribution in [1.29, 1.82) is 0 Å². The molecule has 0 aliphatic carbocycles. The molecule has 17 heavy (non-hydrogen) atoms. The summed E-state index contributed by atoms with van der Waals surface area (Å²) in [4.78, 5) is 24.2. The minimum absolute atomic E-state index is 0.130. The lowest BCUT2D eigenvalue weighted by atomic mass is 10.1. The summed E-state index contributed by atoms with van der Waals surface area (Å²) >= 11 is 0. The predicted octanol–water partition coefficient (Wildman–Crippen LogP) is 1.37. The zero-order chi connectivity index (χ0) is 12.4. The highest BCUT2D eigenvalue weighted by molar-refractivity contribution is 6.00. The standard InChI is InChI=1S/C13H11NO3/c1-2-9-6-7-14(12(9)15)11-5-3-4-10(8-11)13(16)17/h1,3-5,8-9H,6-7H2,(H,16,17). The van der Waals surface area contributed by atoms with Gasteiger partial charge < -0.3 is 10.0 Å². The zero-order valence-electron chi connectivity index (χ0n) is 9.09. The van der Waals surface area contributed by atoms with Gasteiger partial charge in [-0.15, -0.1) is 6.42 Å². The molecule has 4 nitrogen and oxygen atoms in total. The van der Waals surface area contributed by atoms with Crippen molar-refractivity contribution in [3.63, 3.8) is 0 Å². The second kappa shape index (κ2) is 4.30. The normalized spacial score (nSPS) is 19.1. The summed E-state index contributed by atoms with van der Waals surface area (Å²) in [6.45, 7) is 0.538. The van der Waals surface area contributed by atoms with Gasteiger partial charge in [0.05, 0.1) is 5.56 Å². The molecule has 0 saturated carbocycles. The molecule has 1 heterocycles. The molecule has 0 bridgehead atoms. The molecule has 1 N–H and O–H groups in total. The van der Waals surface area contributed by atoms with Crippen LogP contribution in [0.4, 0.5) is 5.69 Å². The number of amides is 1. The Bertz CT molecular complexity index is 516. The van der Waals surface area contributed by atoms with Gasteiger partial charge in [0.15, 0.2) is 0 Å². The van der Waals surface area contributed by atoms with Crippen LogP contribution in [0.1, 0.15) is 16.8 Å². The predicted molar refractivity (Wildman–Crippen MR) is 62.7 cm³/mol. The topological polar surface area (TPSA) is 57.6 Å². The Morgan fingerprint density at radius 3 is 2.88 bits per heavy atom. The molecule has 1 saturated heterocycles. The Kier molecular flexibility index (Phi) is 2.84. The van der Waals surface area contributed by atoms with Gasteiger partial charge in [0.1, 0.15) is 5.92 Å². The van der Waals surface area contributed by atoms with E-state index in [0.29, 0.717) is 18.7 Å². The van der Waals surface area contributed by atoms with E-state index in [1.165, 1.54) is 17.0 Å². The summed E-state index contributed by atoms with van der Waals surface area (Å²) in [6.07, 6.45) is 5.87. The maximum Gasteiger partial charge on any atom is 0.335 e. The number of hydrogen-bond acceptors (Lipinski definition) is 2. The summed E-state index contributed by atoms with van der Waals surface area (Å²) in [6, 6.07) is 6.31. The van der Waals surface area contributed by atoms with Crippen molar-refractivity contribution >= 4 is 17.6 Å². The molecule has 0 aromatic heterocycles. The third kappa shape index (κ3) is 2.00. The van der Waals surface area contributed by atoms with Crippen molar-refractivity contribution in [3.8, 4) is 12.3 Å². The summed E-state index contributed by atoms with van der Waals surface area (Å²) in [5, 5.41) is 8.88. The highest BCUT2D eigenvalue weighted by Crippen LogP contribution is 2.25. The van der Waals surface area contributed by atoms with E-state index < -0.39 is 5.97 Å². The Hall–Kier alpha value is -2.28. The van der Waals surface area contributed by atoms with Gasteiger partial charge in [0.2, 0.25) is 5.91 Å². The number of carboxylic acids is 1. The number of carbonyl (C=O) groups excluding carboxylic acids is 1. The highest BCUT2D eigenvalue weighted by atomic mass is 16.4. The molecule has 0 radical (unpaired) electrons. The first-order chi connectivity index (χ1) is 8.13. The monoisotopic (exact) mass is 229 g/mol. The molecule has 0 spiro atoms. The molecule has 1 aliphatic heterocycles. The van der Waals surface area contributed by atoms with Gasteiger partial charge in [-0.2, -0.15) is 0 Å². The third-order valence-electron chi connectivity index (χ3n) is 2.81. The number of terminal acetylenes is 1. The first-order valence-electron chi connectivity index (χ1n) is 5.24. The van der Waals surface area contributed by atoms with E-state index in [4.69, 9.17) is 11.5 Å². The number of rotatable bonds is 2. The fourth-order valence-corrected chi connectivity index (χ4v) is 1.90. The SMILES string of the molecule is C#CC1CCN(c2cccc(C(=O)O)c2)C1=O. The molecular formula is C13H11NO3. The quantitative estimate of drug-likeness (QED) is 0.779. The first kappa shape index (κ1) is 11.2. The van der Waals surface area contributed by atoms with Crippen LogP contribution in [0.25, 0.3) is 0 Å². The average Bonchev–Trinajstić information content (AvgIpc) is 2.70. The second-order valence-electron chi connectivity index (χ2n) is 3.85. The second-order valence-corrected chi connectivity index (χ2v) is 3.85. The minimum atomic E-state index is -1.01. The lowest BCUT2D eigenvalue weighted by molar-refractivity contribution is -0.118. The van der Waals surface area contributed by atoms with Gasteiger partial charge >= 0.3 is 5.97 Å². The lowest BCUT2D eigenvalue weighted by Crippen LogP contribution is -2.26. The van der Waals surface area contributed by atoms with Gasteiger partial charge in [-0.3, -0.25) is 4.79 Å². The highest BCUT2D eigenvalue weighted by Gasteiger charge is 2.31. The summed E-state index contributed by atoms with van der Waals surface area (Å²) in [5.74, 6) is 0.921. The van der Waals surface area contributed by atoms with Crippen LogP contribution in [-0.4, -0.2) is 23.5 Å². The summed E-state index contributed by atoms with van der Waals surface area (Å²) in [5.41, 5.74) is 0.757. The maximum absolute atomic E-state index is 11.9. The van der Waals surface area contributed by atoms with Crippen LogP contribution >= 0.6 is 0 Å². The number of carboxylic acid groups (broad SMARTS) is 1. The number of hydrogen-bond donors (Lipinski definition) is 1. The minimum Gasteiger partial charge on any atom is -0.478 e. The Morgan fingerprint density at radius 1 is 1.53 bits per heavy atom. The van der Waals surface area contributed by atoms with E-state index in [9.17, 15) is 9.59 Å². The van der Waals surface area contributed by atoms with Gasteiger partial charge in [0, 0.05) is 12.2 Å². The molecule has 1 fully saturated rings. The molecule has 1 amide bonds. The molecule has 2 rings (SSSR count). The lowest BCUT2D eigenvalue weighted by Gasteiger charge is -2.16. The first-order valence-corrected chi connectivity index (χ1v) is 5.24. The van der Waals surface area contributed by atoms with Crippen LogP contribution in [0.3, 0.4) is 0 Å². The van der Waals surface area contributed by atoms with Crippen LogP contribution < -0.4 is 4.90 Å². The number of anilines is 1. The maximum atomic E-state index is 11.9. The van der Waals surface area contributed by atoms with Crippen molar-refractivity contribution in [2.75, 3.05) is 11.4 Å². The fraction of sp³-hybridized carbons (Fsp3) is 0.231. The molecule has 4 heteroatoms. The zero-order valence-corrected chi connectivity index (χ0v) is 9.09. The van der Waals surface area contributed by atoms with Gasteiger partial charge in [-0.1, -0.05) is 12.0 Å². The molecule has 1 aliphatic rings. The van der Waals surface area contributed by atoms with Crippen molar-refractivity contribution in [2.24, 2.45) is 5.92 Å². The van der Waals surface area contributed by atoms with E-state index >= 15 is 0 Å². The number of carbonyl (C=O) groups is 2. The molecule has 86 valence electrons. The smallest absolute Gasteiger partial charge is 0.335 e. The van der Waals surface area contributed by atoms with Crippen LogP contribution in [-0.2, 0) is 4.79 Å². The third-order valence-corrected chi connectivity index (χ3v) is 2.81. The summed E-state index contributed by atoms with van der Waals surface area (Å²) < 4.78 is 0. The van der Waals surface area contributed by atoms with E-state index in [2.05, 4.69) is 5.92 Å². The number of aromatic carboxylic acids is 1. The largest absolute Gasteiger partial charge is 0.478 e. The van der Waals surface area contributed by atoms with Crippen molar-refractivity contribution in [2.45, 2.75) is 6.42 Å². The van der Waals surface area contributed by atoms with Gasteiger partial charge in [0.25, 0.3) is 0 Å². The van der Waals surface area contributed by atoms with E-state index in [1.807, 2.05) is 0 Å². The number of nitrogens with zero attached hydrogens (tertiary/aromatic N) is 1. The van der Waals surface area contributed by atoms with Crippen molar-refractivity contribution < 1.29 is 14.7 Å². The van der Waals surface area contributed by atoms with Crippen molar-refractivity contribution in [1.82, 2.24) is 0 Å². The Balaban J connectivity index is 2.30. The molecule has 1 atom stereocenters. The molecule has 1 aromatic rings. The van der Waals surface area contributed by atoms with E-state index in [0.717, 1.165) is 0 Å². The van der Waals surface area contributed by atoms with Crippen LogP contribution in [0, 0.1) is 18.3 Å². The molecular weight excluding hydrogens is 218 g/mol. The fourth-order valence-electron chi connectivity index (χ4n) is 1.90. The van der Waals surface area contributed by atoms with Gasteiger partial charge in [-0.05, 0) is 24.6 Å². The van der Waals surface area contributed by atoms with Crippen LogP contribution in [0.5, 0.6) is 0 Å².